The van der Waals surface area contributed by atoms with E-state index in [4.69, 9.17) is 5.73 Å². The summed E-state index contributed by atoms with van der Waals surface area (Å²) < 4.78 is 19.8. The molecule has 0 unspecified atom stereocenters. The molecule has 0 aliphatic rings. The zero-order chi connectivity index (χ0) is 11.3. The SMILES string of the molecule is COC(=O)/C(=N\OCF)c1nsc(N)n1. The van der Waals surface area contributed by atoms with Crippen LogP contribution in [0.1, 0.15) is 5.82 Å². The number of methoxy groups -OCH3 is 1. The molecule has 0 aliphatic carbocycles. The number of aromatic nitrogens is 2. The highest BCUT2D eigenvalue weighted by Crippen LogP contribution is 2.07. The maximum absolute atomic E-state index is 11.7. The number of ether oxygens (including phenoxy) is 1. The first-order valence-electron chi connectivity index (χ1n) is 3.62. The van der Waals surface area contributed by atoms with E-state index in [1.54, 1.807) is 0 Å². The van der Waals surface area contributed by atoms with Gasteiger partial charge in [0.05, 0.1) is 7.11 Å². The van der Waals surface area contributed by atoms with E-state index in [-0.39, 0.29) is 16.7 Å². The monoisotopic (exact) mass is 234 g/mol. The zero-order valence-electron chi connectivity index (χ0n) is 7.64. The van der Waals surface area contributed by atoms with Gasteiger partial charge in [-0.25, -0.2) is 9.18 Å². The van der Waals surface area contributed by atoms with Gasteiger partial charge in [0, 0.05) is 11.5 Å². The van der Waals surface area contributed by atoms with Gasteiger partial charge in [-0.2, -0.15) is 9.36 Å². The summed E-state index contributed by atoms with van der Waals surface area (Å²) in [6.07, 6.45) is 0. The Morgan fingerprint density at radius 1 is 1.73 bits per heavy atom. The predicted molar refractivity (Wildman–Crippen MR) is 49.9 cm³/mol. The molecule has 1 rings (SSSR count). The van der Waals surface area contributed by atoms with Crippen LogP contribution in [0.5, 0.6) is 0 Å². The Labute approximate surface area is 87.9 Å². The Morgan fingerprint density at radius 2 is 2.47 bits per heavy atom. The van der Waals surface area contributed by atoms with Gasteiger partial charge in [0.15, 0.2) is 5.13 Å². The van der Waals surface area contributed by atoms with E-state index in [2.05, 4.69) is 24.1 Å². The number of hydrogen-bond donors (Lipinski definition) is 1. The maximum Gasteiger partial charge on any atom is 0.364 e. The van der Waals surface area contributed by atoms with Gasteiger partial charge in [-0.1, -0.05) is 5.16 Å². The van der Waals surface area contributed by atoms with Gasteiger partial charge in [-0.3, -0.25) is 0 Å². The van der Waals surface area contributed by atoms with Crippen LogP contribution in [-0.4, -0.2) is 35.0 Å². The smallest absolute Gasteiger partial charge is 0.364 e. The molecule has 0 atom stereocenters. The second kappa shape index (κ2) is 5.20. The lowest BCUT2D eigenvalue weighted by Crippen LogP contribution is -2.19. The van der Waals surface area contributed by atoms with Crippen LogP contribution < -0.4 is 5.73 Å². The lowest BCUT2D eigenvalue weighted by Gasteiger charge is -1.98. The lowest BCUT2D eigenvalue weighted by atomic mass is 10.4. The van der Waals surface area contributed by atoms with E-state index in [9.17, 15) is 9.18 Å². The molecule has 0 radical (unpaired) electrons. The number of alkyl halides is 1. The van der Waals surface area contributed by atoms with E-state index >= 15 is 0 Å². The summed E-state index contributed by atoms with van der Waals surface area (Å²) >= 11 is 0.873. The first-order valence-corrected chi connectivity index (χ1v) is 4.40. The lowest BCUT2D eigenvalue weighted by molar-refractivity contribution is -0.132. The van der Waals surface area contributed by atoms with Crippen molar-refractivity contribution < 1.29 is 18.8 Å². The summed E-state index contributed by atoms with van der Waals surface area (Å²) in [7, 11) is 1.14. The summed E-state index contributed by atoms with van der Waals surface area (Å²) in [5, 5.41) is 3.34. The molecule has 2 N–H and O–H groups in total. The molecule has 0 saturated carbocycles. The number of esters is 1. The van der Waals surface area contributed by atoms with Crippen molar-refractivity contribution in [2.45, 2.75) is 0 Å². The van der Waals surface area contributed by atoms with Crippen molar-refractivity contribution in [3.8, 4) is 0 Å². The molecule has 0 fully saturated rings. The Hall–Kier alpha value is -1.77. The van der Waals surface area contributed by atoms with Crippen LogP contribution in [0.4, 0.5) is 9.52 Å². The topological polar surface area (TPSA) is 99.7 Å². The maximum atomic E-state index is 11.7. The minimum absolute atomic E-state index is 0.0576. The minimum Gasteiger partial charge on any atom is -0.464 e. The van der Waals surface area contributed by atoms with E-state index in [1.165, 1.54) is 0 Å². The van der Waals surface area contributed by atoms with E-state index in [1.807, 2.05) is 0 Å². The molecule has 0 saturated heterocycles. The highest BCUT2D eigenvalue weighted by Gasteiger charge is 2.20. The summed E-state index contributed by atoms with van der Waals surface area (Å²) in [5.41, 5.74) is 4.98. The quantitative estimate of drug-likeness (QED) is 0.445. The van der Waals surface area contributed by atoms with Crippen molar-refractivity contribution in [3.63, 3.8) is 0 Å². The fraction of sp³-hybridized carbons (Fsp3) is 0.333. The molecule has 0 aromatic carbocycles. The third kappa shape index (κ3) is 2.84. The molecule has 9 heteroatoms. The number of anilines is 1. The molecular weight excluding hydrogens is 227 g/mol. The third-order valence-electron chi connectivity index (χ3n) is 1.24. The van der Waals surface area contributed by atoms with Gasteiger partial charge in [0.1, 0.15) is 0 Å². The molecule has 0 aliphatic heterocycles. The Kier molecular flexibility index (Phi) is 3.92. The highest BCUT2D eigenvalue weighted by molar-refractivity contribution is 7.09. The van der Waals surface area contributed by atoms with Crippen LogP contribution in [0, 0.1) is 0 Å². The average molecular weight is 234 g/mol. The van der Waals surface area contributed by atoms with Gasteiger partial charge in [-0.05, 0) is 0 Å². The van der Waals surface area contributed by atoms with Crippen LogP contribution in [0.3, 0.4) is 0 Å². The fourth-order valence-electron chi connectivity index (χ4n) is 0.686. The molecular formula is C6H7FN4O3S. The molecule has 0 bridgehead atoms. The standard InChI is InChI=1S/C6H7FN4O3S/c1-13-5(12)3(10-14-2-7)4-9-6(8)15-11-4/h2H2,1H3,(H2,8,9,11)/b10-3-. The number of nitrogens with zero attached hydrogens (tertiary/aromatic N) is 3. The predicted octanol–water partition coefficient (Wildman–Crippen LogP) is -0.0590. The average Bonchev–Trinajstić information content (AvgIpc) is 2.65. The van der Waals surface area contributed by atoms with Crippen LogP contribution in [0.25, 0.3) is 0 Å². The minimum atomic E-state index is -1.17. The zero-order valence-corrected chi connectivity index (χ0v) is 8.45. The normalized spacial score (nSPS) is 11.2. The van der Waals surface area contributed by atoms with Gasteiger partial charge in [0.25, 0.3) is 6.86 Å². The van der Waals surface area contributed by atoms with Crippen LogP contribution in [0.2, 0.25) is 0 Å². The van der Waals surface area contributed by atoms with Crippen molar-refractivity contribution in [2.24, 2.45) is 5.16 Å². The van der Waals surface area contributed by atoms with Gasteiger partial charge < -0.3 is 15.3 Å². The summed E-state index contributed by atoms with van der Waals surface area (Å²) in [6, 6.07) is 0. The summed E-state index contributed by atoms with van der Waals surface area (Å²) in [5.74, 6) is -0.890. The van der Waals surface area contributed by atoms with E-state index in [0.717, 1.165) is 18.6 Å². The molecule has 1 aromatic heterocycles. The first kappa shape index (κ1) is 11.3. The molecule has 7 nitrogen and oxygen atoms in total. The second-order valence-corrected chi connectivity index (χ2v) is 2.91. The highest BCUT2D eigenvalue weighted by atomic mass is 32.1. The molecule has 1 heterocycles. The van der Waals surface area contributed by atoms with Crippen molar-refractivity contribution >= 4 is 28.3 Å². The van der Waals surface area contributed by atoms with Crippen LogP contribution in [0.15, 0.2) is 5.16 Å². The number of rotatable bonds is 4. The van der Waals surface area contributed by atoms with Gasteiger partial charge in [0.2, 0.25) is 11.5 Å². The number of nitrogen functional groups attached to an aromatic ring is 1. The number of halogens is 1. The fourth-order valence-corrected chi connectivity index (χ4v) is 1.12. The molecule has 0 spiro atoms. The Bertz CT molecular complexity index is 380. The third-order valence-corrected chi connectivity index (χ3v) is 1.78. The number of oxime groups is 1. The van der Waals surface area contributed by atoms with Crippen molar-refractivity contribution in [1.82, 2.24) is 9.36 Å². The number of carbonyl (C=O) groups excluding carboxylic acids is 1. The first-order chi connectivity index (χ1) is 7.19. The molecule has 82 valence electrons. The van der Waals surface area contributed by atoms with Gasteiger partial charge in [-0.15, -0.1) is 0 Å². The van der Waals surface area contributed by atoms with Gasteiger partial charge >= 0.3 is 5.97 Å². The van der Waals surface area contributed by atoms with Crippen molar-refractivity contribution in [1.29, 1.82) is 0 Å². The molecule has 0 amide bonds. The largest absolute Gasteiger partial charge is 0.464 e. The molecule has 15 heavy (non-hydrogen) atoms. The van der Waals surface area contributed by atoms with Crippen molar-refractivity contribution in [2.75, 3.05) is 19.7 Å². The van der Waals surface area contributed by atoms with Crippen LogP contribution in [-0.2, 0) is 14.4 Å². The Morgan fingerprint density at radius 3 is 2.93 bits per heavy atom. The second-order valence-electron chi connectivity index (χ2n) is 2.13. The molecule has 1 aromatic rings. The summed E-state index contributed by atoms with van der Waals surface area (Å²) in [6.45, 7) is -1.17. The number of carbonyl (C=O) groups is 1. The number of hydrogen-bond acceptors (Lipinski definition) is 8. The van der Waals surface area contributed by atoms with E-state index < -0.39 is 12.8 Å². The van der Waals surface area contributed by atoms with Crippen LogP contribution >= 0.6 is 11.5 Å². The summed E-state index contributed by atoms with van der Waals surface area (Å²) in [4.78, 5) is 18.9. The Balaban J connectivity index is 2.95. The van der Waals surface area contributed by atoms with Crippen molar-refractivity contribution in [3.05, 3.63) is 5.82 Å². The van der Waals surface area contributed by atoms with E-state index in [0.29, 0.717) is 0 Å². The number of nitrogens with two attached hydrogens (primary N) is 1.